The molecule has 0 amide bonds. The number of nitrogens with one attached hydrogen (secondary N) is 1. The minimum absolute atomic E-state index is 0.734. The van der Waals surface area contributed by atoms with Crippen molar-refractivity contribution in [2.24, 2.45) is 5.92 Å². The van der Waals surface area contributed by atoms with Crippen LogP contribution in [-0.2, 0) is 0 Å². The van der Waals surface area contributed by atoms with Crippen molar-refractivity contribution in [3.8, 4) is 0 Å². The molecule has 0 aromatic carbocycles. The lowest BCUT2D eigenvalue weighted by molar-refractivity contribution is 0.518. The van der Waals surface area contributed by atoms with E-state index in [1.807, 2.05) is 12.3 Å². The fraction of sp³-hybridized carbons (Fsp3) is 0.636. The highest BCUT2D eigenvalue weighted by Crippen LogP contribution is 2.15. The van der Waals surface area contributed by atoms with Gasteiger partial charge in [-0.25, -0.2) is 9.97 Å². The highest BCUT2D eigenvalue weighted by molar-refractivity contribution is 7.98. The fourth-order valence-corrected chi connectivity index (χ4v) is 1.76. The Balaban J connectivity index is 2.49. The molecule has 0 saturated carbocycles. The minimum Gasteiger partial charge on any atom is -0.370 e. The predicted molar refractivity (Wildman–Crippen MR) is 66.4 cm³/mol. The van der Waals surface area contributed by atoms with E-state index in [2.05, 4.69) is 29.1 Å². The Morgan fingerprint density at radius 1 is 1.33 bits per heavy atom. The summed E-state index contributed by atoms with van der Waals surface area (Å²) in [7, 11) is 0. The Morgan fingerprint density at radius 3 is 2.67 bits per heavy atom. The average molecular weight is 225 g/mol. The monoisotopic (exact) mass is 225 g/mol. The number of hydrogen-bond acceptors (Lipinski definition) is 4. The third-order valence-corrected chi connectivity index (χ3v) is 3.22. The second-order valence-electron chi connectivity index (χ2n) is 3.51. The molecule has 0 bridgehead atoms. The molecule has 0 saturated heterocycles. The molecule has 3 nitrogen and oxygen atoms in total. The molecule has 0 aliphatic carbocycles. The maximum absolute atomic E-state index is 4.19. The summed E-state index contributed by atoms with van der Waals surface area (Å²) in [5.41, 5.74) is 0. The van der Waals surface area contributed by atoms with E-state index < -0.39 is 0 Å². The van der Waals surface area contributed by atoms with Crippen LogP contribution >= 0.6 is 11.8 Å². The Labute approximate surface area is 96.1 Å². The smallest absolute Gasteiger partial charge is 0.130 e. The first-order chi connectivity index (χ1) is 7.30. The van der Waals surface area contributed by atoms with Crippen LogP contribution in [0, 0.1) is 5.92 Å². The normalized spacial score (nSPS) is 10.7. The highest BCUT2D eigenvalue weighted by Gasteiger charge is 2.03. The van der Waals surface area contributed by atoms with Crippen molar-refractivity contribution in [1.29, 1.82) is 0 Å². The van der Waals surface area contributed by atoms with Gasteiger partial charge in [0.1, 0.15) is 17.2 Å². The molecule has 1 aromatic rings. The van der Waals surface area contributed by atoms with Crippen LogP contribution in [0.25, 0.3) is 0 Å². The van der Waals surface area contributed by atoms with E-state index in [1.165, 1.54) is 12.8 Å². The third-order valence-electron chi connectivity index (χ3n) is 2.58. The van der Waals surface area contributed by atoms with Gasteiger partial charge in [-0.2, -0.15) is 0 Å². The van der Waals surface area contributed by atoms with Crippen molar-refractivity contribution < 1.29 is 0 Å². The number of hydrogen-bond donors (Lipinski definition) is 1. The van der Waals surface area contributed by atoms with Crippen LogP contribution in [0.1, 0.15) is 26.7 Å². The predicted octanol–water partition coefficient (Wildman–Crippen LogP) is 3.05. The van der Waals surface area contributed by atoms with Gasteiger partial charge in [-0.15, -0.1) is 11.8 Å². The first-order valence-electron chi connectivity index (χ1n) is 5.40. The Kier molecular flexibility index (Phi) is 5.47. The molecule has 0 aliphatic rings. The molecule has 1 aromatic heterocycles. The molecule has 0 atom stereocenters. The number of rotatable bonds is 6. The van der Waals surface area contributed by atoms with E-state index in [4.69, 9.17) is 0 Å². The zero-order chi connectivity index (χ0) is 11.1. The molecule has 1 rings (SSSR count). The van der Waals surface area contributed by atoms with Gasteiger partial charge in [0.15, 0.2) is 0 Å². The molecular weight excluding hydrogens is 206 g/mol. The largest absolute Gasteiger partial charge is 0.370 e. The summed E-state index contributed by atoms with van der Waals surface area (Å²) < 4.78 is 0. The van der Waals surface area contributed by atoms with Crippen LogP contribution in [-0.4, -0.2) is 22.8 Å². The molecule has 84 valence electrons. The van der Waals surface area contributed by atoms with Crippen LogP contribution in [0.3, 0.4) is 0 Å². The Morgan fingerprint density at radius 2 is 2.07 bits per heavy atom. The van der Waals surface area contributed by atoms with Crippen molar-refractivity contribution in [2.45, 2.75) is 31.7 Å². The summed E-state index contributed by atoms with van der Waals surface area (Å²) in [6.45, 7) is 5.45. The second kappa shape index (κ2) is 6.67. The van der Waals surface area contributed by atoms with E-state index in [9.17, 15) is 0 Å². The zero-order valence-corrected chi connectivity index (χ0v) is 10.5. The molecule has 0 radical (unpaired) electrons. The highest BCUT2D eigenvalue weighted by atomic mass is 32.2. The lowest BCUT2D eigenvalue weighted by Crippen LogP contribution is -2.13. The van der Waals surface area contributed by atoms with Gasteiger partial charge in [0.05, 0.1) is 0 Å². The number of thioether (sulfide) groups is 1. The van der Waals surface area contributed by atoms with Crippen molar-refractivity contribution in [2.75, 3.05) is 18.1 Å². The third kappa shape index (κ3) is 4.08. The fourth-order valence-electron chi connectivity index (χ4n) is 1.37. The quantitative estimate of drug-likeness (QED) is 0.596. The van der Waals surface area contributed by atoms with Crippen molar-refractivity contribution in [3.63, 3.8) is 0 Å². The lowest BCUT2D eigenvalue weighted by atomic mass is 10.0. The summed E-state index contributed by atoms with van der Waals surface area (Å²) in [6.07, 6.45) is 6.06. The van der Waals surface area contributed by atoms with Crippen LogP contribution in [0.4, 0.5) is 5.82 Å². The minimum atomic E-state index is 0.734. The first kappa shape index (κ1) is 12.3. The molecule has 0 aliphatic heterocycles. The molecule has 1 N–H and O–H groups in total. The number of nitrogens with zero attached hydrogens (tertiary/aromatic N) is 2. The van der Waals surface area contributed by atoms with Crippen molar-refractivity contribution >= 4 is 17.6 Å². The van der Waals surface area contributed by atoms with Gasteiger partial charge in [-0.3, -0.25) is 0 Å². The molecule has 0 unspecified atom stereocenters. The van der Waals surface area contributed by atoms with E-state index in [1.54, 1.807) is 18.1 Å². The van der Waals surface area contributed by atoms with E-state index >= 15 is 0 Å². The van der Waals surface area contributed by atoms with Gasteiger partial charge in [-0.05, 0) is 12.2 Å². The molecule has 0 spiro atoms. The van der Waals surface area contributed by atoms with Crippen LogP contribution in [0.2, 0.25) is 0 Å². The topological polar surface area (TPSA) is 37.8 Å². The van der Waals surface area contributed by atoms with Gasteiger partial charge in [-0.1, -0.05) is 26.7 Å². The molecule has 1 heterocycles. The van der Waals surface area contributed by atoms with Crippen molar-refractivity contribution in [3.05, 3.63) is 12.4 Å². The van der Waals surface area contributed by atoms with Crippen LogP contribution in [0.5, 0.6) is 0 Å². The SMILES string of the molecule is CCC(CC)CNc1cc(SC)ncn1. The maximum atomic E-state index is 4.19. The number of anilines is 1. The maximum Gasteiger partial charge on any atom is 0.130 e. The van der Waals surface area contributed by atoms with Crippen LogP contribution < -0.4 is 5.32 Å². The summed E-state index contributed by atoms with van der Waals surface area (Å²) in [5, 5.41) is 4.37. The molecule has 15 heavy (non-hydrogen) atoms. The van der Waals surface area contributed by atoms with Gasteiger partial charge in [0.25, 0.3) is 0 Å². The Bertz CT molecular complexity index is 287. The molecule has 0 fully saturated rings. The molecular formula is C11H19N3S. The summed E-state index contributed by atoms with van der Waals surface area (Å²) >= 11 is 1.64. The average Bonchev–Trinajstić information content (AvgIpc) is 2.31. The standard InChI is InChI=1S/C11H19N3S/c1-4-9(5-2)7-12-10-6-11(15-3)14-8-13-10/h6,8-9H,4-5,7H2,1-3H3,(H,12,13,14). The van der Waals surface area contributed by atoms with Gasteiger partial charge < -0.3 is 5.32 Å². The lowest BCUT2D eigenvalue weighted by Gasteiger charge is -2.13. The number of aromatic nitrogens is 2. The summed E-state index contributed by atoms with van der Waals surface area (Å²) in [6, 6.07) is 1.99. The van der Waals surface area contributed by atoms with E-state index in [0.717, 1.165) is 23.3 Å². The van der Waals surface area contributed by atoms with E-state index in [0.29, 0.717) is 0 Å². The zero-order valence-electron chi connectivity index (χ0n) is 9.66. The summed E-state index contributed by atoms with van der Waals surface area (Å²) in [5.74, 6) is 1.67. The summed E-state index contributed by atoms with van der Waals surface area (Å²) in [4.78, 5) is 8.33. The van der Waals surface area contributed by atoms with Crippen molar-refractivity contribution in [1.82, 2.24) is 9.97 Å². The molecule has 4 heteroatoms. The van der Waals surface area contributed by atoms with Gasteiger partial charge in [0.2, 0.25) is 0 Å². The Hall–Kier alpha value is -0.770. The van der Waals surface area contributed by atoms with E-state index in [-0.39, 0.29) is 0 Å². The van der Waals surface area contributed by atoms with Gasteiger partial charge in [0, 0.05) is 12.6 Å². The van der Waals surface area contributed by atoms with Gasteiger partial charge >= 0.3 is 0 Å². The first-order valence-corrected chi connectivity index (χ1v) is 6.62. The van der Waals surface area contributed by atoms with Crippen LogP contribution in [0.15, 0.2) is 17.4 Å². The second-order valence-corrected chi connectivity index (χ2v) is 4.34.